The van der Waals surface area contributed by atoms with Crippen LogP contribution in [0.25, 0.3) is 0 Å². The average molecular weight is 370 g/mol. The fourth-order valence-electron chi connectivity index (χ4n) is 3.42. The van der Waals surface area contributed by atoms with Crippen LogP contribution in [0, 0.1) is 11.8 Å². The van der Waals surface area contributed by atoms with Crippen molar-refractivity contribution >= 4 is 21.6 Å². The first-order valence-corrected chi connectivity index (χ1v) is 10.6. The van der Waals surface area contributed by atoms with E-state index in [1.807, 2.05) is 10.9 Å². The molecule has 0 aromatic carbocycles. The van der Waals surface area contributed by atoms with Gasteiger partial charge < -0.3 is 10.1 Å². The topological polar surface area (TPSA) is 93.5 Å². The molecule has 0 atom stereocenters. The number of ether oxygens (including phenoxy) is 1. The second kappa shape index (κ2) is 7.84. The first kappa shape index (κ1) is 18.3. The molecule has 3 rings (SSSR count). The maximum atomic E-state index is 12.4. The van der Waals surface area contributed by atoms with E-state index >= 15 is 0 Å². The number of amides is 1. The van der Waals surface area contributed by atoms with Gasteiger partial charge in [-0.2, -0.15) is 5.10 Å². The Bertz CT molecular complexity index is 689. The third kappa shape index (κ3) is 5.02. The van der Waals surface area contributed by atoms with Crippen LogP contribution in [0.15, 0.2) is 12.4 Å². The van der Waals surface area contributed by atoms with Gasteiger partial charge in [-0.3, -0.25) is 9.48 Å². The molecule has 8 nitrogen and oxygen atoms in total. The second-order valence-corrected chi connectivity index (χ2v) is 8.91. The van der Waals surface area contributed by atoms with Crippen molar-refractivity contribution in [2.45, 2.75) is 32.2 Å². The molecule has 0 saturated carbocycles. The summed E-state index contributed by atoms with van der Waals surface area (Å²) in [7, 11) is -3.17. The van der Waals surface area contributed by atoms with Crippen LogP contribution in [-0.2, 0) is 26.1 Å². The summed E-state index contributed by atoms with van der Waals surface area (Å²) in [5, 5.41) is 7.23. The fraction of sp³-hybridized carbons (Fsp3) is 0.750. The number of anilines is 1. The van der Waals surface area contributed by atoms with E-state index in [9.17, 15) is 13.2 Å². The Morgan fingerprint density at radius 2 is 1.96 bits per heavy atom. The summed E-state index contributed by atoms with van der Waals surface area (Å²) in [5.74, 6) is 0.355. The highest BCUT2D eigenvalue weighted by Gasteiger charge is 2.29. The standard InChI is InChI=1S/C16H26N4O4S/c1-25(22,23)20-6-2-14(3-7-20)16(21)18-15-10-17-19(12-15)11-13-4-8-24-9-5-13/h10,12-14H,2-9,11H2,1H3,(H,18,21). The minimum Gasteiger partial charge on any atom is -0.381 e. The Labute approximate surface area is 148 Å². The lowest BCUT2D eigenvalue weighted by Gasteiger charge is -2.29. The quantitative estimate of drug-likeness (QED) is 0.832. The predicted octanol–water partition coefficient (Wildman–Crippen LogP) is 0.920. The molecular weight excluding hydrogens is 344 g/mol. The maximum Gasteiger partial charge on any atom is 0.227 e. The molecule has 0 bridgehead atoms. The summed E-state index contributed by atoms with van der Waals surface area (Å²) < 4.78 is 31.7. The Balaban J connectivity index is 1.48. The summed E-state index contributed by atoms with van der Waals surface area (Å²) in [6.45, 7) is 3.26. The maximum absolute atomic E-state index is 12.4. The number of sulfonamides is 1. The highest BCUT2D eigenvalue weighted by atomic mass is 32.2. The van der Waals surface area contributed by atoms with Crippen LogP contribution in [0.1, 0.15) is 25.7 Å². The Morgan fingerprint density at radius 3 is 2.60 bits per heavy atom. The van der Waals surface area contributed by atoms with Gasteiger partial charge in [0.05, 0.1) is 18.1 Å². The summed E-state index contributed by atoms with van der Waals surface area (Å²) in [6.07, 6.45) is 7.92. The van der Waals surface area contributed by atoms with Crippen LogP contribution >= 0.6 is 0 Å². The van der Waals surface area contributed by atoms with Gasteiger partial charge in [0.1, 0.15) is 0 Å². The minimum absolute atomic E-state index is 0.0567. The number of aromatic nitrogens is 2. The molecule has 9 heteroatoms. The molecule has 0 radical (unpaired) electrons. The minimum atomic E-state index is -3.17. The molecule has 1 aromatic heterocycles. The molecule has 1 amide bonds. The van der Waals surface area contributed by atoms with Crippen LogP contribution in [-0.4, -0.2) is 61.0 Å². The summed E-state index contributed by atoms with van der Waals surface area (Å²) in [5.41, 5.74) is 0.697. The number of carbonyl (C=O) groups is 1. The SMILES string of the molecule is CS(=O)(=O)N1CCC(C(=O)Nc2cnn(CC3CCOCC3)c2)CC1. The molecule has 2 aliphatic rings. The molecule has 0 spiro atoms. The molecule has 2 aliphatic heterocycles. The first-order chi connectivity index (χ1) is 11.9. The summed E-state index contributed by atoms with van der Waals surface area (Å²) in [6, 6.07) is 0. The van der Waals surface area contributed by atoms with Crippen molar-refractivity contribution in [1.29, 1.82) is 0 Å². The van der Waals surface area contributed by atoms with Gasteiger partial charge in [-0.05, 0) is 31.6 Å². The average Bonchev–Trinajstić information content (AvgIpc) is 3.02. The van der Waals surface area contributed by atoms with Crippen molar-refractivity contribution in [3.63, 3.8) is 0 Å². The number of rotatable bonds is 5. The number of nitrogens with zero attached hydrogens (tertiary/aromatic N) is 3. The Morgan fingerprint density at radius 1 is 1.28 bits per heavy atom. The molecule has 2 saturated heterocycles. The van der Waals surface area contributed by atoms with Gasteiger partial charge in [-0.1, -0.05) is 0 Å². The number of hydrogen-bond acceptors (Lipinski definition) is 5. The van der Waals surface area contributed by atoms with Gasteiger partial charge >= 0.3 is 0 Å². The van der Waals surface area contributed by atoms with Gasteiger partial charge in [0, 0.05) is 45.0 Å². The normalized spacial score (nSPS) is 21.3. The van der Waals surface area contributed by atoms with Crippen molar-refractivity contribution in [2.24, 2.45) is 11.8 Å². The second-order valence-electron chi connectivity index (χ2n) is 6.93. The lowest BCUT2D eigenvalue weighted by molar-refractivity contribution is -0.120. The Hall–Kier alpha value is -1.45. The van der Waals surface area contributed by atoms with Crippen LogP contribution in [0.4, 0.5) is 5.69 Å². The van der Waals surface area contributed by atoms with E-state index in [1.165, 1.54) is 10.6 Å². The van der Waals surface area contributed by atoms with Gasteiger partial charge in [-0.25, -0.2) is 12.7 Å². The Kier molecular flexibility index (Phi) is 5.75. The first-order valence-electron chi connectivity index (χ1n) is 8.78. The van der Waals surface area contributed by atoms with Gasteiger partial charge in [0.2, 0.25) is 15.9 Å². The molecule has 0 unspecified atom stereocenters. The lowest BCUT2D eigenvalue weighted by Crippen LogP contribution is -2.40. The number of nitrogens with one attached hydrogen (secondary N) is 1. The van der Waals surface area contributed by atoms with E-state index in [0.717, 1.165) is 32.6 Å². The summed E-state index contributed by atoms with van der Waals surface area (Å²) >= 11 is 0. The van der Waals surface area contributed by atoms with Crippen molar-refractivity contribution in [1.82, 2.24) is 14.1 Å². The number of carbonyl (C=O) groups excluding carboxylic acids is 1. The molecule has 3 heterocycles. The molecular formula is C16H26N4O4S. The monoisotopic (exact) mass is 370 g/mol. The zero-order valence-corrected chi connectivity index (χ0v) is 15.4. The van der Waals surface area contributed by atoms with Crippen LogP contribution < -0.4 is 5.32 Å². The molecule has 1 aromatic rings. The predicted molar refractivity (Wildman–Crippen MR) is 93.5 cm³/mol. The number of hydrogen-bond donors (Lipinski definition) is 1. The smallest absolute Gasteiger partial charge is 0.227 e. The third-order valence-electron chi connectivity index (χ3n) is 4.98. The molecule has 0 aliphatic carbocycles. The van der Waals surface area contributed by atoms with Crippen LogP contribution in [0.3, 0.4) is 0 Å². The van der Waals surface area contributed by atoms with Gasteiger partial charge in [0.25, 0.3) is 0 Å². The van der Waals surface area contributed by atoms with Crippen LogP contribution in [0.2, 0.25) is 0 Å². The largest absolute Gasteiger partial charge is 0.381 e. The van der Waals surface area contributed by atoms with Crippen molar-refractivity contribution in [2.75, 3.05) is 37.9 Å². The highest BCUT2D eigenvalue weighted by molar-refractivity contribution is 7.88. The van der Waals surface area contributed by atoms with Gasteiger partial charge in [-0.15, -0.1) is 0 Å². The fourth-order valence-corrected chi connectivity index (χ4v) is 4.29. The third-order valence-corrected chi connectivity index (χ3v) is 6.28. The van der Waals surface area contributed by atoms with Crippen molar-refractivity contribution in [3.8, 4) is 0 Å². The zero-order chi connectivity index (χ0) is 17.9. The molecule has 1 N–H and O–H groups in total. The van der Waals surface area contributed by atoms with E-state index in [0.29, 0.717) is 37.5 Å². The molecule has 140 valence electrons. The van der Waals surface area contributed by atoms with E-state index in [2.05, 4.69) is 10.4 Å². The van der Waals surface area contributed by atoms with Crippen molar-refractivity contribution < 1.29 is 17.9 Å². The highest BCUT2D eigenvalue weighted by Crippen LogP contribution is 2.21. The van der Waals surface area contributed by atoms with E-state index in [1.54, 1.807) is 6.20 Å². The molecule has 2 fully saturated rings. The van der Waals surface area contributed by atoms with E-state index in [-0.39, 0.29) is 11.8 Å². The van der Waals surface area contributed by atoms with E-state index in [4.69, 9.17) is 4.74 Å². The van der Waals surface area contributed by atoms with Crippen molar-refractivity contribution in [3.05, 3.63) is 12.4 Å². The zero-order valence-electron chi connectivity index (χ0n) is 14.6. The number of piperidine rings is 1. The summed E-state index contributed by atoms with van der Waals surface area (Å²) in [4.78, 5) is 12.4. The van der Waals surface area contributed by atoms with Crippen LogP contribution in [0.5, 0.6) is 0 Å². The van der Waals surface area contributed by atoms with E-state index < -0.39 is 10.0 Å². The molecule has 25 heavy (non-hydrogen) atoms. The van der Waals surface area contributed by atoms with Gasteiger partial charge in [0.15, 0.2) is 0 Å². The lowest BCUT2D eigenvalue weighted by atomic mass is 9.97.